The molecule has 8 heteroatoms. The molecule has 1 fully saturated rings. The van der Waals surface area contributed by atoms with Crippen molar-refractivity contribution in [2.45, 2.75) is 52.2 Å². The maximum absolute atomic E-state index is 14.8. The summed E-state index contributed by atoms with van der Waals surface area (Å²) < 4.78 is 27.2. The largest absolute Gasteiger partial charge is 0.475 e. The molecule has 0 radical (unpaired) electrons. The third-order valence-electron chi connectivity index (χ3n) is 4.24. The van der Waals surface area contributed by atoms with E-state index >= 15 is 0 Å². The van der Waals surface area contributed by atoms with Crippen LogP contribution >= 0.6 is 0 Å². The molecule has 1 aliphatic rings. The molecule has 23 heavy (non-hydrogen) atoms. The van der Waals surface area contributed by atoms with Crippen LogP contribution in [-0.2, 0) is 10.5 Å². The van der Waals surface area contributed by atoms with Crippen LogP contribution in [0.25, 0.3) is 5.65 Å². The fourth-order valence-electron chi connectivity index (χ4n) is 3.04. The molecule has 2 aromatic rings. The number of alkyl halides is 1. The van der Waals surface area contributed by atoms with E-state index in [-0.39, 0.29) is 11.8 Å². The zero-order valence-corrected chi connectivity index (χ0v) is 13.7. The van der Waals surface area contributed by atoms with Crippen molar-refractivity contribution in [1.29, 1.82) is 0 Å². The van der Waals surface area contributed by atoms with E-state index in [9.17, 15) is 9.50 Å². The van der Waals surface area contributed by atoms with Crippen LogP contribution in [0.5, 0.6) is 5.88 Å². The van der Waals surface area contributed by atoms with E-state index in [0.29, 0.717) is 30.4 Å². The number of aliphatic hydroxyl groups is 1. The average Bonchev–Trinajstić information content (AvgIpc) is 3.03. The van der Waals surface area contributed by atoms with Gasteiger partial charge in [-0.25, -0.2) is 13.9 Å². The van der Waals surface area contributed by atoms with Crippen molar-refractivity contribution in [1.82, 2.24) is 19.6 Å². The van der Waals surface area contributed by atoms with Gasteiger partial charge in [-0.05, 0) is 20.3 Å². The van der Waals surface area contributed by atoms with Crippen molar-refractivity contribution in [3.63, 3.8) is 0 Å². The van der Waals surface area contributed by atoms with Crippen LogP contribution in [0, 0.1) is 12.8 Å². The number of nitrogens with zero attached hydrogens (tertiary/aromatic N) is 4. The van der Waals surface area contributed by atoms with E-state index < -0.39 is 17.9 Å². The number of ether oxygens (including phenoxy) is 2. The van der Waals surface area contributed by atoms with Crippen LogP contribution in [0.3, 0.4) is 0 Å². The molecule has 126 valence electrons. The Hall–Kier alpha value is -1.80. The molecule has 0 unspecified atom stereocenters. The lowest BCUT2D eigenvalue weighted by Crippen LogP contribution is -2.37. The topological polar surface area (TPSA) is 81.8 Å². The number of aryl methyl sites for hydroxylation is 1. The van der Waals surface area contributed by atoms with Crippen LogP contribution in [0.1, 0.15) is 38.7 Å². The summed E-state index contributed by atoms with van der Waals surface area (Å²) >= 11 is 0. The van der Waals surface area contributed by atoms with Gasteiger partial charge in [0.2, 0.25) is 11.4 Å². The molecule has 0 bridgehead atoms. The van der Waals surface area contributed by atoms with Gasteiger partial charge in [-0.3, -0.25) is 0 Å². The molecule has 1 N–H and O–H groups in total. The monoisotopic (exact) mass is 324 g/mol. The van der Waals surface area contributed by atoms with Crippen molar-refractivity contribution in [3.05, 3.63) is 17.7 Å². The van der Waals surface area contributed by atoms with Crippen molar-refractivity contribution in [3.8, 4) is 5.88 Å². The summed E-state index contributed by atoms with van der Waals surface area (Å²) in [6.45, 7) is 7.56. The van der Waals surface area contributed by atoms with Crippen molar-refractivity contribution >= 4 is 5.65 Å². The normalized spacial score (nSPS) is 31.0. The van der Waals surface area contributed by atoms with Gasteiger partial charge in [-0.2, -0.15) is 10.1 Å². The lowest BCUT2D eigenvalue weighted by Gasteiger charge is -2.24. The summed E-state index contributed by atoms with van der Waals surface area (Å²) in [4.78, 5) is 8.37. The molecule has 3 heterocycles. The Morgan fingerprint density at radius 2 is 2.22 bits per heavy atom. The van der Waals surface area contributed by atoms with Gasteiger partial charge in [0, 0.05) is 5.92 Å². The first-order valence-electron chi connectivity index (χ1n) is 7.82. The first kappa shape index (κ1) is 16.1. The van der Waals surface area contributed by atoms with E-state index in [1.807, 2.05) is 13.8 Å². The number of imidazole rings is 1. The van der Waals surface area contributed by atoms with Gasteiger partial charge in [0.15, 0.2) is 6.17 Å². The molecule has 0 aromatic carbocycles. The van der Waals surface area contributed by atoms with Crippen molar-refractivity contribution < 1.29 is 19.0 Å². The van der Waals surface area contributed by atoms with Gasteiger partial charge < -0.3 is 14.6 Å². The average molecular weight is 324 g/mol. The molecule has 7 nitrogen and oxygen atoms in total. The molecular formula is C15H21FN4O3. The third kappa shape index (κ3) is 2.36. The maximum atomic E-state index is 14.8. The molecule has 0 saturated carbocycles. The fraction of sp³-hybridized carbons (Fsp3) is 0.667. The zero-order chi connectivity index (χ0) is 16.8. The van der Waals surface area contributed by atoms with Gasteiger partial charge >= 0.3 is 0 Å². The Morgan fingerprint density at radius 1 is 1.48 bits per heavy atom. The molecule has 1 saturated heterocycles. The highest BCUT2D eigenvalue weighted by atomic mass is 19.1. The number of halogens is 1. The highest BCUT2D eigenvalue weighted by Gasteiger charge is 2.55. The van der Waals surface area contributed by atoms with E-state index in [4.69, 9.17) is 9.47 Å². The van der Waals surface area contributed by atoms with Gasteiger partial charge in [0.25, 0.3) is 5.88 Å². The first-order chi connectivity index (χ1) is 10.9. The Bertz CT molecular complexity index is 722. The second-order valence-corrected chi connectivity index (χ2v) is 5.80. The second kappa shape index (κ2) is 5.68. The molecular weight excluding hydrogens is 303 g/mol. The highest BCUT2D eigenvalue weighted by Crippen LogP contribution is 2.44. The summed E-state index contributed by atoms with van der Waals surface area (Å²) in [6.07, 6.45) is 0.0373. The second-order valence-electron chi connectivity index (χ2n) is 5.80. The molecule has 4 atom stereocenters. The van der Waals surface area contributed by atoms with Crippen molar-refractivity contribution in [2.75, 3.05) is 6.61 Å². The van der Waals surface area contributed by atoms with E-state index in [1.54, 1.807) is 13.8 Å². The summed E-state index contributed by atoms with van der Waals surface area (Å²) in [5.74, 6) is -1.78. The fourth-order valence-corrected chi connectivity index (χ4v) is 3.04. The zero-order valence-electron chi connectivity index (χ0n) is 13.7. The molecule has 0 amide bonds. The molecule has 3 rings (SSSR count). The molecule has 0 spiro atoms. The molecule has 0 aliphatic carbocycles. The van der Waals surface area contributed by atoms with Gasteiger partial charge in [0.1, 0.15) is 11.5 Å². The number of fused-ring (bicyclic) bond motifs is 1. The van der Waals surface area contributed by atoms with Gasteiger partial charge in [-0.1, -0.05) is 13.8 Å². The quantitative estimate of drug-likeness (QED) is 0.923. The van der Waals surface area contributed by atoms with Gasteiger partial charge in [0.05, 0.1) is 18.9 Å². The predicted molar refractivity (Wildman–Crippen MR) is 79.8 cm³/mol. The first-order valence-corrected chi connectivity index (χ1v) is 7.82. The summed E-state index contributed by atoms with van der Waals surface area (Å²) in [5.41, 5.74) is 0.471. The lowest BCUT2D eigenvalue weighted by atomic mass is 9.95. The number of hydrogen-bond donors (Lipinski definition) is 1. The third-order valence-corrected chi connectivity index (χ3v) is 4.24. The van der Waals surface area contributed by atoms with E-state index in [1.165, 1.54) is 10.7 Å². The smallest absolute Gasteiger partial charge is 0.261 e. The Labute approximate surface area is 133 Å². The van der Waals surface area contributed by atoms with Crippen LogP contribution in [0.2, 0.25) is 0 Å². The Balaban J connectivity index is 2.14. The van der Waals surface area contributed by atoms with Crippen LogP contribution < -0.4 is 4.74 Å². The van der Waals surface area contributed by atoms with E-state index in [2.05, 4.69) is 15.1 Å². The molecule has 2 aromatic heterocycles. The summed E-state index contributed by atoms with van der Waals surface area (Å²) in [7, 11) is 0. The van der Waals surface area contributed by atoms with Crippen molar-refractivity contribution in [2.24, 2.45) is 5.92 Å². The number of hydrogen-bond acceptors (Lipinski definition) is 6. The summed E-state index contributed by atoms with van der Waals surface area (Å²) in [5, 5.41) is 15.1. The summed E-state index contributed by atoms with van der Waals surface area (Å²) in [6, 6.07) is 0. The Kier molecular flexibility index (Phi) is 3.97. The minimum absolute atomic E-state index is 0.147. The maximum Gasteiger partial charge on any atom is 0.261 e. The highest BCUT2D eigenvalue weighted by molar-refractivity contribution is 5.50. The molecule has 1 aliphatic heterocycles. The number of rotatable bonds is 4. The standard InChI is InChI=1S/C15H21FN4O3/c1-5-10-8(3)12(16)15(21,23-10)11-7-17-13-14(22-6-2)18-9(4)19-20(11)13/h7-8,10,12,21H,5-6H2,1-4H3/t8-,10-,12-,15+/m1/s1. The van der Waals surface area contributed by atoms with Gasteiger partial charge in [-0.15, -0.1) is 0 Å². The Morgan fingerprint density at radius 3 is 2.83 bits per heavy atom. The van der Waals surface area contributed by atoms with E-state index in [0.717, 1.165) is 0 Å². The van der Waals surface area contributed by atoms with Crippen LogP contribution in [0.4, 0.5) is 4.39 Å². The SMILES string of the molecule is CCOc1nc(C)nn2c([C@]3(O)O[C@H](CC)[C@@H](C)[C@H]3F)cnc12. The van der Waals surface area contributed by atoms with Crippen LogP contribution in [-0.4, -0.2) is 43.6 Å². The minimum Gasteiger partial charge on any atom is -0.475 e. The van der Waals surface area contributed by atoms with Crippen LogP contribution in [0.15, 0.2) is 6.20 Å². The minimum atomic E-state index is -2.08. The number of aromatic nitrogens is 4. The lowest BCUT2D eigenvalue weighted by molar-refractivity contribution is -0.227. The predicted octanol–water partition coefficient (Wildman–Crippen LogP) is 1.76.